The fraction of sp³-hybridized carbons (Fsp3) is 0.389. The number of hydrogen-bond acceptors (Lipinski definition) is 4. The highest BCUT2D eigenvalue weighted by Crippen LogP contribution is 2.16. The lowest BCUT2D eigenvalue weighted by molar-refractivity contribution is 0.0597. The first-order valence-corrected chi connectivity index (χ1v) is 7.86. The van der Waals surface area contributed by atoms with Crippen LogP contribution in [0.2, 0.25) is 0 Å². The van der Waals surface area contributed by atoms with E-state index >= 15 is 0 Å². The molecule has 3 rings (SSSR count). The van der Waals surface area contributed by atoms with Gasteiger partial charge in [-0.05, 0) is 30.7 Å². The van der Waals surface area contributed by atoms with Crippen LogP contribution in [-0.2, 0) is 6.54 Å². The van der Waals surface area contributed by atoms with Crippen LogP contribution in [-0.4, -0.2) is 49.0 Å². The molecule has 122 valence electrons. The van der Waals surface area contributed by atoms with Crippen molar-refractivity contribution in [2.45, 2.75) is 13.5 Å². The predicted octanol–water partition coefficient (Wildman–Crippen LogP) is 2.55. The monoisotopic (exact) mass is 314 g/mol. The van der Waals surface area contributed by atoms with Crippen molar-refractivity contribution in [2.75, 3.05) is 33.3 Å². The first-order chi connectivity index (χ1) is 11.2. The van der Waals surface area contributed by atoms with Crippen molar-refractivity contribution >= 4 is 5.91 Å². The van der Waals surface area contributed by atoms with Crippen molar-refractivity contribution in [3.05, 3.63) is 53.5 Å². The van der Waals surface area contributed by atoms with Gasteiger partial charge in [0, 0.05) is 38.3 Å². The van der Waals surface area contributed by atoms with E-state index in [2.05, 4.69) is 17.0 Å². The van der Waals surface area contributed by atoms with E-state index in [1.54, 1.807) is 13.4 Å². The quantitative estimate of drug-likeness (QED) is 0.870. The van der Waals surface area contributed by atoms with Gasteiger partial charge in [0.2, 0.25) is 0 Å². The third-order valence-electron chi connectivity index (χ3n) is 4.28. The summed E-state index contributed by atoms with van der Waals surface area (Å²) in [6, 6.07) is 9.96. The third kappa shape index (κ3) is 3.56. The number of ether oxygens (including phenoxy) is 1. The molecule has 1 saturated heterocycles. The highest BCUT2D eigenvalue weighted by Gasteiger charge is 2.24. The van der Waals surface area contributed by atoms with Crippen LogP contribution < -0.4 is 4.74 Å². The van der Waals surface area contributed by atoms with Gasteiger partial charge >= 0.3 is 0 Å². The number of amides is 1. The average Bonchev–Trinajstić information content (AvgIpc) is 3.02. The van der Waals surface area contributed by atoms with Gasteiger partial charge in [-0.2, -0.15) is 0 Å². The number of piperazine rings is 1. The number of aryl methyl sites for hydroxylation is 1. The highest BCUT2D eigenvalue weighted by atomic mass is 16.5. The molecule has 0 saturated carbocycles. The minimum atomic E-state index is -0.00315. The summed E-state index contributed by atoms with van der Waals surface area (Å²) in [7, 11) is 1.67. The van der Waals surface area contributed by atoms with E-state index in [-0.39, 0.29) is 5.91 Å². The second-order valence-corrected chi connectivity index (χ2v) is 5.85. The molecule has 23 heavy (non-hydrogen) atoms. The number of hydrogen-bond donors (Lipinski definition) is 0. The molecule has 1 aromatic carbocycles. The zero-order valence-electron chi connectivity index (χ0n) is 13.6. The summed E-state index contributed by atoms with van der Waals surface area (Å²) in [6.45, 7) is 6.00. The van der Waals surface area contributed by atoms with E-state index in [4.69, 9.17) is 9.15 Å². The predicted molar refractivity (Wildman–Crippen MR) is 87.6 cm³/mol. The molecule has 0 atom stereocenters. The van der Waals surface area contributed by atoms with Crippen LogP contribution in [0.25, 0.3) is 0 Å². The molecule has 2 aromatic rings. The Kier molecular flexibility index (Phi) is 4.67. The fourth-order valence-electron chi connectivity index (χ4n) is 2.83. The normalized spacial score (nSPS) is 15.7. The van der Waals surface area contributed by atoms with Gasteiger partial charge in [0.15, 0.2) is 5.76 Å². The smallest absolute Gasteiger partial charge is 0.289 e. The third-order valence-corrected chi connectivity index (χ3v) is 4.28. The van der Waals surface area contributed by atoms with E-state index in [1.165, 1.54) is 5.56 Å². The van der Waals surface area contributed by atoms with Crippen molar-refractivity contribution < 1.29 is 13.9 Å². The van der Waals surface area contributed by atoms with Crippen LogP contribution in [0.1, 0.15) is 21.7 Å². The second-order valence-electron chi connectivity index (χ2n) is 5.85. The van der Waals surface area contributed by atoms with E-state index in [0.717, 1.165) is 44.0 Å². The zero-order valence-corrected chi connectivity index (χ0v) is 13.6. The van der Waals surface area contributed by atoms with Crippen LogP contribution in [0.15, 0.2) is 41.0 Å². The highest BCUT2D eigenvalue weighted by molar-refractivity contribution is 5.92. The van der Waals surface area contributed by atoms with Crippen molar-refractivity contribution in [3.63, 3.8) is 0 Å². The van der Waals surface area contributed by atoms with Crippen molar-refractivity contribution in [1.82, 2.24) is 9.80 Å². The van der Waals surface area contributed by atoms with Crippen molar-refractivity contribution in [2.24, 2.45) is 0 Å². The fourth-order valence-corrected chi connectivity index (χ4v) is 2.83. The lowest BCUT2D eigenvalue weighted by Crippen LogP contribution is -2.48. The summed E-state index contributed by atoms with van der Waals surface area (Å²) in [6.07, 6.45) is 1.57. The molecule has 1 amide bonds. The number of carbonyl (C=O) groups excluding carboxylic acids is 1. The number of carbonyl (C=O) groups is 1. The summed E-state index contributed by atoms with van der Waals surface area (Å²) in [4.78, 5) is 16.7. The SMILES string of the molecule is COc1ccc(CN2CCN(C(=O)c3occc3C)CC2)cc1. The largest absolute Gasteiger partial charge is 0.497 e. The molecule has 5 heteroatoms. The number of furan rings is 1. The van der Waals surface area contributed by atoms with E-state index in [0.29, 0.717) is 5.76 Å². The van der Waals surface area contributed by atoms with E-state index < -0.39 is 0 Å². The van der Waals surface area contributed by atoms with Crippen molar-refractivity contribution in [3.8, 4) is 5.75 Å². The Morgan fingerprint density at radius 2 is 1.83 bits per heavy atom. The Morgan fingerprint density at radius 3 is 2.39 bits per heavy atom. The van der Waals surface area contributed by atoms with Crippen molar-refractivity contribution in [1.29, 1.82) is 0 Å². The van der Waals surface area contributed by atoms with Crippen LogP contribution in [0, 0.1) is 6.92 Å². The number of methoxy groups -OCH3 is 1. The molecule has 1 fully saturated rings. The maximum absolute atomic E-state index is 12.4. The summed E-state index contributed by atoms with van der Waals surface area (Å²) in [5, 5.41) is 0. The Bertz CT molecular complexity index is 655. The van der Waals surface area contributed by atoms with E-state index in [1.807, 2.05) is 30.0 Å². The topological polar surface area (TPSA) is 45.9 Å². The van der Waals surface area contributed by atoms with Gasteiger partial charge in [-0.3, -0.25) is 9.69 Å². The summed E-state index contributed by atoms with van der Waals surface area (Å²) in [5.74, 6) is 1.34. The first kappa shape index (κ1) is 15.6. The molecule has 0 unspecified atom stereocenters. The minimum Gasteiger partial charge on any atom is -0.497 e. The summed E-state index contributed by atoms with van der Waals surface area (Å²) in [5.41, 5.74) is 2.16. The van der Waals surface area contributed by atoms with Crippen LogP contribution in [0.5, 0.6) is 5.75 Å². The van der Waals surface area contributed by atoms with Gasteiger partial charge in [-0.15, -0.1) is 0 Å². The zero-order chi connectivity index (χ0) is 16.2. The number of benzene rings is 1. The molecular weight excluding hydrogens is 292 g/mol. The van der Waals surface area contributed by atoms with Crippen LogP contribution >= 0.6 is 0 Å². The maximum atomic E-state index is 12.4. The Labute approximate surface area is 136 Å². The standard InChI is InChI=1S/C18H22N2O3/c1-14-7-12-23-17(14)18(21)20-10-8-19(9-11-20)13-15-3-5-16(22-2)6-4-15/h3-7,12H,8-11,13H2,1-2H3. The molecule has 5 nitrogen and oxygen atoms in total. The van der Waals surface area contributed by atoms with Crippen LogP contribution in [0.3, 0.4) is 0 Å². The molecule has 0 bridgehead atoms. The number of nitrogens with zero attached hydrogens (tertiary/aromatic N) is 2. The van der Waals surface area contributed by atoms with Gasteiger partial charge in [0.05, 0.1) is 13.4 Å². The second kappa shape index (κ2) is 6.87. The average molecular weight is 314 g/mol. The van der Waals surface area contributed by atoms with Gasteiger partial charge < -0.3 is 14.1 Å². The molecular formula is C18H22N2O3. The Hall–Kier alpha value is -2.27. The minimum absolute atomic E-state index is 0.00315. The first-order valence-electron chi connectivity index (χ1n) is 7.86. The summed E-state index contributed by atoms with van der Waals surface area (Å²) < 4.78 is 10.5. The molecule has 0 aliphatic carbocycles. The van der Waals surface area contributed by atoms with Gasteiger partial charge in [0.1, 0.15) is 5.75 Å². The summed E-state index contributed by atoms with van der Waals surface area (Å²) >= 11 is 0. The maximum Gasteiger partial charge on any atom is 0.289 e. The molecule has 0 N–H and O–H groups in total. The van der Waals surface area contributed by atoms with Gasteiger partial charge in [-0.25, -0.2) is 0 Å². The number of rotatable bonds is 4. The molecule has 2 heterocycles. The van der Waals surface area contributed by atoms with Gasteiger partial charge in [-0.1, -0.05) is 12.1 Å². The Balaban J connectivity index is 1.54. The van der Waals surface area contributed by atoms with Crippen LogP contribution in [0.4, 0.5) is 0 Å². The van der Waals surface area contributed by atoms with Gasteiger partial charge in [0.25, 0.3) is 5.91 Å². The molecule has 0 spiro atoms. The molecule has 1 aliphatic heterocycles. The molecule has 1 aliphatic rings. The molecule has 1 aromatic heterocycles. The molecule has 0 radical (unpaired) electrons. The Morgan fingerprint density at radius 1 is 1.13 bits per heavy atom. The lowest BCUT2D eigenvalue weighted by Gasteiger charge is -2.34. The lowest BCUT2D eigenvalue weighted by atomic mass is 10.2. The van der Waals surface area contributed by atoms with E-state index in [9.17, 15) is 4.79 Å².